The van der Waals surface area contributed by atoms with Gasteiger partial charge < -0.3 is 9.64 Å². The Kier molecular flexibility index (Phi) is 6.87. The van der Waals surface area contributed by atoms with E-state index < -0.39 is 15.7 Å². The molecule has 0 aromatic heterocycles. The minimum atomic E-state index is -3.57. The van der Waals surface area contributed by atoms with Crippen LogP contribution in [0.4, 0.5) is 4.79 Å². The molecule has 2 aromatic carbocycles. The fourth-order valence-corrected chi connectivity index (χ4v) is 5.30. The third-order valence-corrected chi connectivity index (χ3v) is 6.94. The molecule has 4 rings (SSSR count). The molecule has 34 heavy (non-hydrogen) atoms. The average Bonchev–Trinajstić information content (AvgIpc) is 2.90. The van der Waals surface area contributed by atoms with E-state index >= 15 is 0 Å². The molecule has 6 nitrogen and oxygen atoms in total. The van der Waals surface area contributed by atoms with Crippen molar-refractivity contribution in [1.82, 2.24) is 4.90 Å². The van der Waals surface area contributed by atoms with Gasteiger partial charge in [0.25, 0.3) is 10.1 Å². The number of rotatable bonds is 4. The van der Waals surface area contributed by atoms with E-state index in [1.807, 2.05) is 45.0 Å². The maximum atomic E-state index is 12.6. The van der Waals surface area contributed by atoms with E-state index in [4.69, 9.17) is 8.92 Å². The van der Waals surface area contributed by atoms with E-state index in [0.717, 1.165) is 35.8 Å². The highest BCUT2D eigenvalue weighted by atomic mass is 32.2. The number of carbonyl (C=O) groups excluding carboxylic acids is 1. The molecular weight excluding hydrogens is 450 g/mol. The summed E-state index contributed by atoms with van der Waals surface area (Å²) < 4.78 is 34.2. The van der Waals surface area contributed by atoms with Crippen LogP contribution < -0.4 is 0 Å². The van der Waals surface area contributed by atoms with Crippen LogP contribution in [-0.2, 0) is 19.0 Å². The standard InChI is InChI=1S/C27H33NO5S/c1-27(2,3)33-26(29)28-15-13-19(14-16-28)25-23-11-6-5-9-20(23)17-21(18-32-34(4,30)31)22-10-7-8-12-24(22)25/h5-12,17,19,25H,13-16,18H2,1-4H3. The first kappa shape index (κ1) is 24.5. The smallest absolute Gasteiger partial charge is 0.410 e. The zero-order valence-corrected chi connectivity index (χ0v) is 21.1. The minimum absolute atomic E-state index is 0.00596. The Bertz CT molecular complexity index is 1190. The fraction of sp³-hybridized carbons (Fsp3) is 0.444. The van der Waals surface area contributed by atoms with Gasteiger partial charge in [-0.25, -0.2) is 4.79 Å². The van der Waals surface area contributed by atoms with Gasteiger partial charge in [-0.2, -0.15) is 8.42 Å². The van der Waals surface area contributed by atoms with Crippen molar-refractivity contribution in [3.8, 4) is 0 Å². The topological polar surface area (TPSA) is 72.9 Å². The van der Waals surface area contributed by atoms with Gasteiger partial charge in [0.15, 0.2) is 0 Å². The van der Waals surface area contributed by atoms with Crippen LogP contribution in [-0.4, -0.2) is 51.0 Å². The lowest BCUT2D eigenvalue weighted by Crippen LogP contribution is -2.42. The summed E-state index contributed by atoms with van der Waals surface area (Å²) in [6.45, 7) is 6.95. The molecule has 0 radical (unpaired) electrons. The molecule has 1 atom stereocenters. The van der Waals surface area contributed by atoms with Crippen LogP contribution in [0.3, 0.4) is 0 Å². The Balaban J connectivity index is 1.65. The maximum absolute atomic E-state index is 12.6. The van der Waals surface area contributed by atoms with Gasteiger partial charge >= 0.3 is 6.09 Å². The van der Waals surface area contributed by atoms with Gasteiger partial charge in [0, 0.05) is 19.0 Å². The summed E-state index contributed by atoms with van der Waals surface area (Å²) in [4.78, 5) is 14.4. The average molecular weight is 484 g/mol. The highest BCUT2D eigenvalue weighted by Crippen LogP contribution is 2.45. The van der Waals surface area contributed by atoms with E-state index in [2.05, 4.69) is 30.3 Å². The Hall–Kier alpha value is -2.64. The third kappa shape index (κ3) is 5.70. The number of likely N-dealkylation sites (tertiary alicyclic amines) is 1. The summed E-state index contributed by atoms with van der Waals surface area (Å²) in [5.41, 5.74) is 4.82. The Labute approximate surface area is 202 Å². The third-order valence-electron chi connectivity index (χ3n) is 6.39. The predicted octanol–water partition coefficient (Wildman–Crippen LogP) is 5.30. The second-order valence-corrected chi connectivity index (χ2v) is 11.8. The van der Waals surface area contributed by atoms with Gasteiger partial charge in [-0.15, -0.1) is 0 Å². The number of hydrogen-bond donors (Lipinski definition) is 0. The number of benzene rings is 2. The molecule has 2 aliphatic rings. The molecule has 1 saturated heterocycles. The summed E-state index contributed by atoms with van der Waals surface area (Å²) in [6.07, 6.45) is 4.60. The van der Waals surface area contributed by atoms with Crippen molar-refractivity contribution in [3.63, 3.8) is 0 Å². The van der Waals surface area contributed by atoms with Gasteiger partial charge in [0.2, 0.25) is 0 Å². The molecule has 1 unspecified atom stereocenters. The van der Waals surface area contributed by atoms with Gasteiger partial charge in [-0.05, 0) is 73.4 Å². The van der Waals surface area contributed by atoms with Crippen LogP contribution in [0.1, 0.15) is 61.8 Å². The molecule has 1 aliphatic heterocycles. The molecule has 7 heteroatoms. The first-order valence-electron chi connectivity index (χ1n) is 11.7. The van der Waals surface area contributed by atoms with Gasteiger partial charge in [-0.1, -0.05) is 48.5 Å². The van der Waals surface area contributed by atoms with Gasteiger partial charge in [-0.3, -0.25) is 4.18 Å². The molecule has 0 spiro atoms. The van der Waals surface area contributed by atoms with Crippen molar-refractivity contribution in [2.75, 3.05) is 26.0 Å². The number of amides is 1. The zero-order valence-electron chi connectivity index (χ0n) is 20.3. The first-order valence-corrected chi connectivity index (χ1v) is 13.5. The molecule has 182 valence electrons. The minimum Gasteiger partial charge on any atom is -0.444 e. The first-order chi connectivity index (χ1) is 16.0. The number of hydrogen-bond acceptors (Lipinski definition) is 5. The highest BCUT2D eigenvalue weighted by molar-refractivity contribution is 7.86. The number of ether oxygens (including phenoxy) is 1. The van der Waals surface area contributed by atoms with Crippen molar-refractivity contribution in [3.05, 3.63) is 70.8 Å². The normalized spacial score (nSPS) is 19.0. The van der Waals surface area contributed by atoms with Crippen LogP contribution >= 0.6 is 0 Å². The Morgan fingerprint density at radius 1 is 1.00 bits per heavy atom. The molecule has 1 heterocycles. The Morgan fingerprint density at radius 2 is 1.62 bits per heavy atom. The molecule has 0 saturated carbocycles. The summed E-state index contributed by atoms with van der Waals surface area (Å²) in [7, 11) is -3.57. The van der Waals surface area contributed by atoms with Crippen LogP contribution in [0.2, 0.25) is 0 Å². The van der Waals surface area contributed by atoms with Crippen molar-refractivity contribution >= 4 is 27.9 Å². The number of fused-ring (bicyclic) bond motifs is 2. The number of carbonyl (C=O) groups is 1. The van der Waals surface area contributed by atoms with E-state index in [1.54, 1.807) is 4.90 Å². The lowest BCUT2D eigenvalue weighted by Gasteiger charge is -2.37. The molecule has 1 amide bonds. The van der Waals surface area contributed by atoms with Crippen LogP contribution in [0.5, 0.6) is 0 Å². The molecule has 1 fully saturated rings. The molecule has 0 bridgehead atoms. The maximum Gasteiger partial charge on any atom is 0.410 e. The summed E-state index contributed by atoms with van der Waals surface area (Å²) in [5.74, 6) is 0.477. The van der Waals surface area contributed by atoms with Crippen molar-refractivity contribution in [2.45, 2.75) is 45.1 Å². The van der Waals surface area contributed by atoms with E-state index in [0.29, 0.717) is 19.0 Å². The van der Waals surface area contributed by atoms with Gasteiger partial charge in [0.1, 0.15) is 5.60 Å². The number of piperidine rings is 1. The molecular formula is C27H33NO5S. The fourth-order valence-electron chi connectivity index (χ4n) is 4.96. The second kappa shape index (κ2) is 9.55. The van der Waals surface area contributed by atoms with E-state index in [1.165, 1.54) is 11.1 Å². The van der Waals surface area contributed by atoms with Crippen molar-refractivity contribution < 1.29 is 22.1 Å². The summed E-state index contributed by atoms with van der Waals surface area (Å²) >= 11 is 0. The predicted molar refractivity (Wildman–Crippen MR) is 134 cm³/mol. The lowest BCUT2D eigenvalue weighted by molar-refractivity contribution is 0.0178. The van der Waals surface area contributed by atoms with Crippen molar-refractivity contribution in [2.24, 2.45) is 5.92 Å². The zero-order chi connectivity index (χ0) is 24.5. The van der Waals surface area contributed by atoms with E-state index in [-0.39, 0.29) is 18.6 Å². The monoisotopic (exact) mass is 483 g/mol. The highest BCUT2D eigenvalue weighted by Gasteiger charge is 2.35. The lowest BCUT2D eigenvalue weighted by atomic mass is 9.74. The largest absolute Gasteiger partial charge is 0.444 e. The van der Waals surface area contributed by atoms with Gasteiger partial charge in [0.05, 0.1) is 12.9 Å². The second-order valence-electron chi connectivity index (χ2n) is 10.1. The quantitative estimate of drug-likeness (QED) is 0.552. The van der Waals surface area contributed by atoms with Crippen molar-refractivity contribution in [1.29, 1.82) is 0 Å². The van der Waals surface area contributed by atoms with Crippen LogP contribution in [0.15, 0.2) is 48.5 Å². The van der Waals surface area contributed by atoms with E-state index in [9.17, 15) is 13.2 Å². The Morgan fingerprint density at radius 3 is 2.26 bits per heavy atom. The molecule has 0 N–H and O–H groups in total. The summed E-state index contributed by atoms with van der Waals surface area (Å²) in [6, 6.07) is 16.5. The summed E-state index contributed by atoms with van der Waals surface area (Å²) in [5, 5.41) is 0. The van der Waals surface area contributed by atoms with Crippen LogP contribution in [0.25, 0.3) is 11.6 Å². The number of nitrogens with zero attached hydrogens (tertiary/aromatic N) is 1. The molecule has 1 aliphatic carbocycles. The van der Waals surface area contributed by atoms with Crippen LogP contribution in [0, 0.1) is 5.92 Å². The SMILES string of the molecule is CC(C)(C)OC(=O)N1CCC(C2c3ccccc3C=C(COS(C)(=O)=O)c3ccccc32)CC1. The molecule has 2 aromatic rings.